The van der Waals surface area contributed by atoms with Crippen LogP contribution in [-0.2, 0) is 4.74 Å². The molecule has 4 aromatic rings. The number of nitrogens with one attached hydrogen (secondary N) is 1. The molecule has 1 aliphatic rings. The second-order valence-electron chi connectivity index (χ2n) is 6.20. The average molecular weight is 363 g/mol. The monoisotopic (exact) mass is 363 g/mol. The van der Waals surface area contributed by atoms with Gasteiger partial charge < -0.3 is 9.64 Å². The van der Waals surface area contributed by atoms with Crippen LogP contribution in [0.25, 0.3) is 32.6 Å². The van der Waals surface area contributed by atoms with Crippen LogP contribution >= 0.6 is 11.3 Å². The first kappa shape index (κ1) is 15.5. The minimum Gasteiger partial charge on any atom is -0.378 e. The first-order valence-corrected chi connectivity index (χ1v) is 9.42. The van der Waals surface area contributed by atoms with Gasteiger partial charge in [0.15, 0.2) is 0 Å². The Bertz CT molecular complexity index is 1040. The number of anilines is 1. The van der Waals surface area contributed by atoms with Gasteiger partial charge in [-0.2, -0.15) is 5.10 Å². The van der Waals surface area contributed by atoms with Gasteiger partial charge >= 0.3 is 0 Å². The normalized spacial score (nSPS) is 14.8. The number of rotatable bonds is 3. The van der Waals surface area contributed by atoms with Crippen LogP contribution in [0.3, 0.4) is 0 Å². The van der Waals surface area contributed by atoms with E-state index in [4.69, 9.17) is 4.74 Å². The van der Waals surface area contributed by atoms with E-state index in [0.29, 0.717) is 0 Å². The molecule has 0 unspecified atom stereocenters. The standard InChI is InChI=1S/C19H17N5OS/c1-2-16-15(9-13(1)17-11-20-12-26-17)19(23-22-16)14-3-4-21-18(10-14)24-5-7-25-8-6-24/h1-4,9-12H,5-8H2,(H,22,23). The van der Waals surface area contributed by atoms with Gasteiger partial charge in [0.2, 0.25) is 0 Å². The molecule has 1 aliphatic heterocycles. The molecule has 7 heteroatoms. The first-order valence-electron chi connectivity index (χ1n) is 8.54. The number of hydrogen-bond acceptors (Lipinski definition) is 6. The van der Waals surface area contributed by atoms with Crippen LogP contribution in [0.1, 0.15) is 0 Å². The molecule has 1 aromatic carbocycles. The van der Waals surface area contributed by atoms with Crippen molar-refractivity contribution in [1.29, 1.82) is 0 Å². The van der Waals surface area contributed by atoms with E-state index in [1.165, 1.54) is 0 Å². The zero-order valence-corrected chi connectivity index (χ0v) is 14.9. The summed E-state index contributed by atoms with van der Waals surface area (Å²) in [6.45, 7) is 3.23. The molecule has 0 bridgehead atoms. The highest BCUT2D eigenvalue weighted by Gasteiger charge is 2.15. The third kappa shape index (κ3) is 2.75. The van der Waals surface area contributed by atoms with Gasteiger partial charge in [-0.15, -0.1) is 11.3 Å². The van der Waals surface area contributed by atoms with Crippen molar-refractivity contribution in [2.24, 2.45) is 0 Å². The van der Waals surface area contributed by atoms with E-state index >= 15 is 0 Å². The molecular formula is C19H17N5OS. The maximum absolute atomic E-state index is 5.44. The average Bonchev–Trinajstić information content (AvgIpc) is 3.38. The second kappa shape index (κ2) is 6.51. The molecule has 0 atom stereocenters. The molecule has 1 N–H and O–H groups in total. The molecule has 0 radical (unpaired) electrons. The molecule has 1 saturated heterocycles. The maximum atomic E-state index is 5.44. The summed E-state index contributed by atoms with van der Waals surface area (Å²) >= 11 is 1.64. The van der Waals surface area contributed by atoms with Crippen molar-refractivity contribution in [3.63, 3.8) is 0 Å². The summed E-state index contributed by atoms with van der Waals surface area (Å²) in [6, 6.07) is 10.5. The summed E-state index contributed by atoms with van der Waals surface area (Å²) in [7, 11) is 0. The van der Waals surface area contributed by atoms with Crippen LogP contribution < -0.4 is 4.90 Å². The molecule has 3 aromatic heterocycles. The van der Waals surface area contributed by atoms with Crippen LogP contribution in [0.2, 0.25) is 0 Å². The fourth-order valence-electron chi connectivity index (χ4n) is 3.28. The zero-order chi connectivity index (χ0) is 17.3. The molecule has 0 aliphatic carbocycles. The largest absolute Gasteiger partial charge is 0.378 e. The predicted octanol–water partition coefficient (Wildman–Crippen LogP) is 3.59. The van der Waals surface area contributed by atoms with Gasteiger partial charge in [0, 0.05) is 36.4 Å². The summed E-state index contributed by atoms with van der Waals surface area (Å²) in [6.07, 6.45) is 3.75. The van der Waals surface area contributed by atoms with E-state index in [1.54, 1.807) is 11.3 Å². The molecule has 6 nitrogen and oxygen atoms in total. The number of pyridine rings is 1. The number of benzene rings is 1. The third-order valence-corrected chi connectivity index (χ3v) is 5.46. The van der Waals surface area contributed by atoms with Crippen molar-refractivity contribution in [3.8, 4) is 21.7 Å². The quantitative estimate of drug-likeness (QED) is 0.603. The Morgan fingerprint density at radius 1 is 1.08 bits per heavy atom. The van der Waals surface area contributed by atoms with Gasteiger partial charge in [-0.3, -0.25) is 10.1 Å². The number of H-pyrrole nitrogens is 1. The molecule has 0 spiro atoms. The van der Waals surface area contributed by atoms with Crippen molar-refractivity contribution in [1.82, 2.24) is 20.2 Å². The molecule has 4 heterocycles. The van der Waals surface area contributed by atoms with Crippen LogP contribution in [0, 0.1) is 0 Å². The summed E-state index contributed by atoms with van der Waals surface area (Å²) in [5.41, 5.74) is 6.05. The van der Waals surface area contributed by atoms with Crippen molar-refractivity contribution >= 4 is 28.1 Å². The maximum Gasteiger partial charge on any atom is 0.129 e. The van der Waals surface area contributed by atoms with E-state index in [2.05, 4.69) is 49.3 Å². The van der Waals surface area contributed by atoms with E-state index in [0.717, 1.165) is 64.7 Å². The molecule has 0 amide bonds. The van der Waals surface area contributed by atoms with E-state index in [-0.39, 0.29) is 0 Å². The van der Waals surface area contributed by atoms with Gasteiger partial charge in [-0.05, 0) is 29.8 Å². The molecule has 5 rings (SSSR count). The van der Waals surface area contributed by atoms with Gasteiger partial charge in [-0.25, -0.2) is 4.98 Å². The summed E-state index contributed by atoms with van der Waals surface area (Å²) in [5.74, 6) is 0.973. The third-order valence-electron chi connectivity index (χ3n) is 4.63. The number of morpholine rings is 1. The lowest BCUT2D eigenvalue weighted by Crippen LogP contribution is -2.36. The number of hydrogen-bond donors (Lipinski definition) is 1. The van der Waals surface area contributed by atoms with Gasteiger partial charge in [0.25, 0.3) is 0 Å². The minimum atomic E-state index is 0.745. The molecule has 26 heavy (non-hydrogen) atoms. The Labute approximate surface area is 154 Å². The fraction of sp³-hybridized carbons (Fsp3) is 0.211. The Kier molecular flexibility index (Phi) is 3.88. The minimum absolute atomic E-state index is 0.745. The Hall–Kier alpha value is -2.77. The van der Waals surface area contributed by atoms with Crippen molar-refractivity contribution < 1.29 is 4.74 Å². The highest BCUT2D eigenvalue weighted by atomic mass is 32.1. The fourth-order valence-corrected chi connectivity index (χ4v) is 3.90. The molecule has 0 saturated carbocycles. The highest BCUT2D eigenvalue weighted by Crippen LogP contribution is 2.32. The van der Waals surface area contributed by atoms with Crippen molar-refractivity contribution in [2.45, 2.75) is 0 Å². The summed E-state index contributed by atoms with van der Waals surface area (Å²) in [5, 5.41) is 8.81. The van der Waals surface area contributed by atoms with Gasteiger partial charge in [-0.1, -0.05) is 6.07 Å². The van der Waals surface area contributed by atoms with Crippen molar-refractivity contribution in [3.05, 3.63) is 48.2 Å². The SMILES string of the molecule is c1cc(-c2n[nH]c3ccc(-c4cncs4)cc23)cc(N2CCOCC2)n1. The van der Waals surface area contributed by atoms with Gasteiger partial charge in [0.1, 0.15) is 11.5 Å². The Balaban J connectivity index is 1.57. The van der Waals surface area contributed by atoms with Crippen molar-refractivity contribution in [2.75, 3.05) is 31.2 Å². The zero-order valence-electron chi connectivity index (χ0n) is 14.1. The molecular weight excluding hydrogens is 346 g/mol. The summed E-state index contributed by atoms with van der Waals surface area (Å²) in [4.78, 5) is 12.1. The lowest BCUT2D eigenvalue weighted by molar-refractivity contribution is 0.122. The van der Waals surface area contributed by atoms with E-state index in [1.807, 2.05) is 24.0 Å². The highest BCUT2D eigenvalue weighted by molar-refractivity contribution is 7.13. The van der Waals surface area contributed by atoms with Crippen LogP contribution in [0.15, 0.2) is 48.2 Å². The number of aromatic nitrogens is 4. The van der Waals surface area contributed by atoms with E-state index < -0.39 is 0 Å². The topological polar surface area (TPSA) is 66.9 Å². The lowest BCUT2D eigenvalue weighted by atomic mass is 10.1. The Morgan fingerprint density at radius 2 is 2.00 bits per heavy atom. The number of thiazole rings is 1. The van der Waals surface area contributed by atoms with E-state index in [9.17, 15) is 0 Å². The van der Waals surface area contributed by atoms with Crippen LogP contribution in [0.5, 0.6) is 0 Å². The predicted molar refractivity (Wildman–Crippen MR) is 103 cm³/mol. The van der Waals surface area contributed by atoms with Crippen LogP contribution in [0.4, 0.5) is 5.82 Å². The lowest BCUT2D eigenvalue weighted by Gasteiger charge is -2.27. The number of ether oxygens (including phenoxy) is 1. The number of nitrogens with zero attached hydrogens (tertiary/aromatic N) is 4. The van der Waals surface area contributed by atoms with Gasteiger partial charge in [0.05, 0.1) is 29.1 Å². The first-order chi connectivity index (χ1) is 12.9. The molecule has 130 valence electrons. The second-order valence-corrected chi connectivity index (χ2v) is 7.09. The number of aromatic amines is 1. The Morgan fingerprint density at radius 3 is 2.85 bits per heavy atom. The smallest absolute Gasteiger partial charge is 0.129 e. The molecule has 1 fully saturated rings. The van der Waals surface area contributed by atoms with Crippen LogP contribution in [-0.4, -0.2) is 46.5 Å². The number of fused-ring (bicyclic) bond motifs is 1. The summed E-state index contributed by atoms with van der Waals surface area (Å²) < 4.78 is 5.44.